The lowest BCUT2D eigenvalue weighted by Crippen LogP contribution is -2.44. The minimum atomic E-state index is -0.773. The van der Waals surface area contributed by atoms with Gasteiger partial charge in [-0.1, -0.05) is 12.1 Å². The maximum atomic E-state index is 13.7. The minimum Gasteiger partial charge on any atom is -0.381 e. The van der Waals surface area contributed by atoms with Crippen LogP contribution in [0.2, 0.25) is 0 Å². The van der Waals surface area contributed by atoms with Crippen LogP contribution in [0.5, 0.6) is 0 Å². The molecule has 4 nitrogen and oxygen atoms in total. The molecule has 120 valence electrons. The molecule has 5 heteroatoms. The van der Waals surface area contributed by atoms with Gasteiger partial charge < -0.3 is 10.1 Å². The van der Waals surface area contributed by atoms with Crippen molar-refractivity contribution in [3.05, 3.63) is 59.7 Å². The summed E-state index contributed by atoms with van der Waals surface area (Å²) >= 11 is 0. The Morgan fingerprint density at radius 2 is 2.04 bits per heavy atom. The predicted octanol–water partition coefficient (Wildman–Crippen LogP) is 3.22. The summed E-state index contributed by atoms with van der Waals surface area (Å²) in [4.78, 5) is 17.2. The zero-order chi connectivity index (χ0) is 16.3. The van der Waals surface area contributed by atoms with Gasteiger partial charge in [-0.15, -0.1) is 0 Å². The first-order valence-electron chi connectivity index (χ1n) is 7.68. The largest absolute Gasteiger partial charge is 0.381 e. The van der Waals surface area contributed by atoms with E-state index in [1.165, 1.54) is 12.1 Å². The van der Waals surface area contributed by atoms with Gasteiger partial charge >= 0.3 is 0 Å². The van der Waals surface area contributed by atoms with E-state index in [4.69, 9.17) is 4.74 Å². The number of nitrogens with zero attached hydrogens (tertiary/aromatic N) is 1. The molecule has 1 fully saturated rings. The Labute approximate surface area is 134 Å². The molecule has 0 radical (unpaired) electrons. The van der Waals surface area contributed by atoms with Gasteiger partial charge in [-0.3, -0.25) is 9.78 Å². The molecule has 1 N–H and O–H groups in total. The number of carbonyl (C=O) groups excluding carboxylic acids is 1. The number of pyridine rings is 1. The average Bonchev–Trinajstić information content (AvgIpc) is 2.57. The van der Waals surface area contributed by atoms with Crippen LogP contribution in [0.1, 0.15) is 24.1 Å². The third-order valence-corrected chi connectivity index (χ3v) is 4.33. The van der Waals surface area contributed by atoms with E-state index in [9.17, 15) is 9.18 Å². The fourth-order valence-electron chi connectivity index (χ4n) is 2.95. The third kappa shape index (κ3) is 3.24. The molecule has 1 aliphatic heterocycles. The lowest BCUT2D eigenvalue weighted by molar-refractivity contribution is -0.125. The van der Waals surface area contributed by atoms with Crippen LogP contribution in [0, 0.1) is 12.7 Å². The molecule has 1 aromatic heterocycles. The van der Waals surface area contributed by atoms with Crippen molar-refractivity contribution in [2.45, 2.75) is 25.2 Å². The number of nitrogens with one attached hydrogen (secondary N) is 1. The minimum absolute atomic E-state index is 0.142. The summed E-state index contributed by atoms with van der Waals surface area (Å²) < 4.78 is 19.1. The number of hydrogen-bond donors (Lipinski definition) is 1. The molecule has 3 rings (SSSR count). The Balaban J connectivity index is 1.92. The van der Waals surface area contributed by atoms with Gasteiger partial charge in [0.25, 0.3) is 0 Å². The Morgan fingerprint density at radius 3 is 2.70 bits per heavy atom. The molecule has 23 heavy (non-hydrogen) atoms. The van der Waals surface area contributed by atoms with Crippen LogP contribution in [0.4, 0.5) is 10.1 Å². The summed E-state index contributed by atoms with van der Waals surface area (Å²) in [5.74, 6) is -0.477. The van der Waals surface area contributed by atoms with E-state index >= 15 is 0 Å². The first-order valence-corrected chi connectivity index (χ1v) is 7.68. The molecule has 0 atom stereocenters. The van der Waals surface area contributed by atoms with Crippen LogP contribution in [0.15, 0.2) is 42.6 Å². The van der Waals surface area contributed by atoms with Crippen molar-refractivity contribution in [2.24, 2.45) is 0 Å². The van der Waals surface area contributed by atoms with E-state index in [0.29, 0.717) is 37.3 Å². The molecule has 0 aliphatic carbocycles. The van der Waals surface area contributed by atoms with E-state index in [2.05, 4.69) is 10.3 Å². The summed E-state index contributed by atoms with van der Waals surface area (Å²) in [5.41, 5.74) is 1.45. The van der Waals surface area contributed by atoms with E-state index in [0.717, 1.165) is 5.69 Å². The maximum Gasteiger partial charge on any atom is 0.235 e. The van der Waals surface area contributed by atoms with E-state index in [1.54, 1.807) is 18.3 Å². The normalized spacial score (nSPS) is 16.8. The molecule has 0 bridgehead atoms. The molecule has 0 unspecified atom stereocenters. The van der Waals surface area contributed by atoms with Crippen molar-refractivity contribution in [1.29, 1.82) is 0 Å². The van der Waals surface area contributed by atoms with Gasteiger partial charge in [-0.2, -0.15) is 0 Å². The maximum absolute atomic E-state index is 13.7. The molecule has 0 spiro atoms. The highest BCUT2D eigenvalue weighted by Crippen LogP contribution is 2.36. The van der Waals surface area contributed by atoms with Crippen molar-refractivity contribution < 1.29 is 13.9 Å². The Morgan fingerprint density at radius 1 is 1.26 bits per heavy atom. The van der Waals surface area contributed by atoms with Crippen LogP contribution in [-0.2, 0) is 14.9 Å². The molecule has 1 amide bonds. The highest BCUT2D eigenvalue weighted by Gasteiger charge is 2.42. The number of ether oxygens (including phenoxy) is 1. The molecule has 1 saturated heterocycles. The summed E-state index contributed by atoms with van der Waals surface area (Å²) in [5, 5.41) is 2.92. The van der Waals surface area contributed by atoms with E-state index in [1.807, 2.05) is 19.1 Å². The smallest absolute Gasteiger partial charge is 0.235 e. The van der Waals surface area contributed by atoms with Crippen molar-refractivity contribution in [3.8, 4) is 0 Å². The number of aryl methyl sites for hydroxylation is 1. The van der Waals surface area contributed by atoms with Gasteiger partial charge in [-0.05, 0) is 49.6 Å². The van der Waals surface area contributed by atoms with Gasteiger partial charge in [0.1, 0.15) is 5.82 Å². The SMILES string of the molecule is Cc1ccc(NC(=O)C2(c3cccc(F)c3)CCOCC2)cn1. The molecular formula is C18H19FN2O2. The number of benzene rings is 1. The number of aromatic nitrogens is 1. The second kappa shape index (κ2) is 6.46. The molecular weight excluding hydrogens is 295 g/mol. The first kappa shape index (κ1) is 15.6. The predicted molar refractivity (Wildman–Crippen MR) is 85.7 cm³/mol. The van der Waals surface area contributed by atoms with Crippen LogP contribution in [0.25, 0.3) is 0 Å². The zero-order valence-corrected chi connectivity index (χ0v) is 13.0. The number of amides is 1. The lowest BCUT2D eigenvalue weighted by atomic mass is 9.73. The van der Waals surface area contributed by atoms with Crippen LogP contribution in [-0.4, -0.2) is 24.1 Å². The van der Waals surface area contributed by atoms with Gasteiger partial charge in [0, 0.05) is 18.9 Å². The first-order chi connectivity index (χ1) is 11.1. The monoisotopic (exact) mass is 314 g/mol. The van der Waals surface area contributed by atoms with Gasteiger partial charge in [0.2, 0.25) is 5.91 Å². The fraction of sp³-hybridized carbons (Fsp3) is 0.333. The van der Waals surface area contributed by atoms with Gasteiger partial charge in [0.05, 0.1) is 17.3 Å². The van der Waals surface area contributed by atoms with Crippen molar-refractivity contribution in [3.63, 3.8) is 0 Å². The van der Waals surface area contributed by atoms with Crippen molar-refractivity contribution >= 4 is 11.6 Å². The number of hydrogen-bond acceptors (Lipinski definition) is 3. The summed E-state index contributed by atoms with van der Waals surface area (Å²) in [6, 6.07) is 9.94. The molecule has 0 saturated carbocycles. The number of rotatable bonds is 3. The molecule has 1 aliphatic rings. The lowest BCUT2D eigenvalue weighted by Gasteiger charge is -2.36. The van der Waals surface area contributed by atoms with E-state index in [-0.39, 0.29) is 11.7 Å². The second-order valence-electron chi connectivity index (χ2n) is 5.85. The Bertz CT molecular complexity index is 694. The highest BCUT2D eigenvalue weighted by molar-refractivity contribution is 5.99. The summed E-state index contributed by atoms with van der Waals surface area (Å²) in [7, 11) is 0. The zero-order valence-electron chi connectivity index (χ0n) is 13.0. The number of carbonyl (C=O) groups is 1. The standard InChI is InChI=1S/C18H19FN2O2/c1-13-5-6-16(12-20-13)21-17(22)18(7-9-23-10-8-18)14-3-2-4-15(19)11-14/h2-6,11-12H,7-10H2,1H3,(H,21,22). The Kier molecular flexibility index (Phi) is 4.39. The summed E-state index contributed by atoms with van der Waals surface area (Å²) in [6.07, 6.45) is 2.69. The highest BCUT2D eigenvalue weighted by atomic mass is 19.1. The van der Waals surface area contributed by atoms with Crippen molar-refractivity contribution in [1.82, 2.24) is 4.98 Å². The van der Waals surface area contributed by atoms with Crippen molar-refractivity contribution in [2.75, 3.05) is 18.5 Å². The summed E-state index contributed by atoms with van der Waals surface area (Å²) in [6.45, 7) is 2.85. The molecule has 2 heterocycles. The Hall–Kier alpha value is -2.27. The number of halogens is 1. The third-order valence-electron chi connectivity index (χ3n) is 4.33. The topological polar surface area (TPSA) is 51.2 Å². The number of anilines is 1. The fourth-order valence-corrected chi connectivity index (χ4v) is 2.95. The van der Waals surface area contributed by atoms with Gasteiger partial charge in [0.15, 0.2) is 0 Å². The quantitative estimate of drug-likeness (QED) is 0.946. The van der Waals surface area contributed by atoms with E-state index < -0.39 is 5.41 Å². The van der Waals surface area contributed by atoms with Crippen LogP contribution in [0.3, 0.4) is 0 Å². The van der Waals surface area contributed by atoms with Gasteiger partial charge in [-0.25, -0.2) is 4.39 Å². The second-order valence-corrected chi connectivity index (χ2v) is 5.85. The van der Waals surface area contributed by atoms with Crippen LogP contribution < -0.4 is 5.32 Å². The molecule has 1 aromatic carbocycles. The average molecular weight is 314 g/mol. The van der Waals surface area contributed by atoms with Crippen LogP contribution >= 0.6 is 0 Å². The molecule has 2 aromatic rings.